The average Bonchev–Trinajstić information content (AvgIpc) is 3.54. The summed E-state index contributed by atoms with van der Waals surface area (Å²) in [6.07, 6.45) is 2.30. The lowest BCUT2D eigenvalue weighted by Crippen LogP contribution is -2.42. The third-order valence-electron chi connectivity index (χ3n) is 5.07. The molecule has 0 amide bonds. The molecule has 1 aliphatic carbocycles. The van der Waals surface area contributed by atoms with E-state index in [0.717, 1.165) is 42.6 Å². The number of nitrogens with one attached hydrogen (secondary N) is 2. The van der Waals surface area contributed by atoms with Crippen LogP contribution in [0.3, 0.4) is 0 Å². The number of ether oxygens (including phenoxy) is 3. The molecule has 28 heavy (non-hydrogen) atoms. The minimum Gasteiger partial charge on any atom is -0.497 e. The standard InChI is InChI=1S/C22H29N3O3/c1-23-21(24-14-15-28-18-10-8-17(26-2)9-11-18)25-16-22(12-13-22)19-6-4-5-7-20(19)27-3/h4-11H,12-16H2,1-3H3,(H2,23,24,25). The van der Waals surface area contributed by atoms with E-state index in [9.17, 15) is 0 Å². The van der Waals surface area contributed by atoms with E-state index in [0.29, 0.717) is 13.2 Å². The molecule has 0 spiro atoms. The summed E-state index contributed by atoms with van der Waals surface area (Å²) >= 11 is 0. The first-order valence-corrected chi connectivity index (χ1v) is 9.55. The molecule has 0 heterocycles. The normalized spacial score (nSPS) is 14.9. The monoisotopic (exact) mass is 383 g/mol. The maximum atomic E-state index is 5.74. The van der Waals surface area contributed by atoms with E-state index in [1.807, 2.05) is 36.4 Å². The van der Waals surface area contributed by atoms with Gasteiger partial charge in [-0.25, -0.2) is 0 Å². The van der Waals surface area contributed by atoms with Gasteiger partial charge in [0.05, 0.1) is 20.8 Å². The van der Waals surface area contributed by atoms with E-state index in [2.05, 4.69) is 27.8 Å². The van der Waals surface area contributed by atoms with Gasteiger partial charge >= 0.3 is 0 Å². The number of hydrogen-bond donors (Lipinski definition) is 2. The number of nitrogens with zero attached hydrogens (tertiary/aromatic N) is 1. The van der Waals surface area contributed by atoms with Crippen LogP contribution in [0.15, 0.2) is 53.5 Å². The van der Waals surface area contributed by atoms with Crippen LogP contribution in [0.2, 0.25) is 0 Å². The molecule has 0 unspecified atom stereocenters. The lowest BCUT2D eigenvalue weighted by Gasteiger charge is -2.21. The molecule has 0 atom stereocenters. The third-order valence-corrected chi connectivity index (χ3v) is 5.07. The third kappa shape index (κ3) is 4.88. The highest BCUT2D eigenvalue weighted by Crippen LogP contribution is 2.50. The minimum absolute atomic E-state index is 0.129. The Labute approximate surface area is 166 Å². The van der Waals surface area contributed by atoms with Gasteiger partial charge in [0, 0.05) is 24.6 Å². The molecule has 1 fully saturated rings. The summed E-state index contributed by atoms with van der Waals surface area (Å²) in [6.45, 7) is 2.03. The second kappa shape index (κ2) is 9.35. The van der Waals surface area contributed by atoms with Gasteiger partial charge in [-0.2, -0.15) is 0 Å². The average molecular weight is 383 g/mol. The fourth-order valence-electron chi connectivity index (χ4n) is 3.26. The van der Waals surface area contributed by atoms with Crippen molar-refractivity contribution in [3.05, 3.63) is 54.1 Å². The molecule has 0 aliphatic heterocycles. The molecule has 0 radical (unpaired) electrons. The lowest BCUT2D eigenvalue weighted by molar-refractivity contribution is 0.321. The van der Waals surface area contributed by atoms with Crippen molar-refractivity contribution in [1.29, 1.82) is 0 Å². The van der Waals surface area contributed by atoms with Crippen molar-refractivity contribution in [2.75, 3.05) is 41.0 Å². The first-order valence-electron chi connectivity index (χ1n) is 9.55. The van der Waals surface area contributed by atoms with Crippen LogP contribution in [0.5, 0.6) is 17.2 Å². The Morgan fingerprint density at radius 1 is 0.964 bits per heavy atom. The van der Waals surface area contributed by atoms with Crippen LogP contribution < -0.4 is 24.8 Å². The molecule has 1 aliphatic rings. The van der Waals surface area contributed by atoms with Crippen LogP contribution in [0.1, 0.15) is 18.4 Å². The van der Waals surface area contributed by atoms with Gasteiger partial charge in [0.25, 0.3) is 0 Å². The summed E-state index contributed by atoms with van der Waals surface area (Å²) in [5.74, 6) is 3.37. The van der Waals surface area contributed by atoms with Crippen LogP contribution in [0.25, 0.3) is 0 Å². The highest BCUT2D eigenvalue weighted by atomic mass is 16.5. The fraction of sp³-hybridized carbons (Fsp3) is 0.409. The molecule has 0 aromatic heterocycles. The molecule has 150 valence electrons. The lowest BCUT2D eigenvalue weighted by atomic mass is 9.95. The molecule has 0 bridgehead atoms. The maximum absolute atomic E-state index is 5.74. The zero-order valence-corrected chi connectivity index (χ0v) is 16.8. The summed E-state index contributed by atoms with van der Waals surface area (Å²) in [4.78, 5) is 4.31. The second-order valence-electron chi connectivity index (χ2n) is 6.86. The number of methoxy groups -OCH3 is 2. The molecule has 2 aromatic rings. The molecule has 6 heteroatoms. The van der Waals surface area contributed by atoms with E-state index < -0.39 is 0 Å². The van der Waals surface area contributed by atoms with Gasteiger partial charge in [0.1, 0.15) is 23.9 Å². The van der Waals surface area contributed by atoms with Crippen LogP contribution in [-0.4, -0.2) is 46.9 Å². The Hall–Kier alpha value is -2.89. The van der Waals surface area contributed by atoms with Crippen LogP contribution >= 0.6 is 0 Å². The minimum atomic E-state index is 0.129. The van der Waals surface area contributed by atoms with Crippen molar-refractivity contribution >= 4 is 5.96 Å². The van der Waals surface area contributed by atoms with Gasteiger partial charge in [0.2, 0.25) is 0 Å². The van der Waals surface area contributed by atoms with E-state index in [1.165, 1.54) is 5.56 Å². The Bertz CT molecular complexity index is 786. The van der Waals surface area contributed by atoms with Crippen LogP contribution in [0, 0.1) is 0 Å². The molecular formula is C22H29N3O3. The van der Waals surface area contributed by atoms with Gasteiger partial charge in [0.15, 0.2) is 5.96 Å². The zero-order valence-electron chi connectivity index (χ0n) is 16.8. The summed E-state index contributed by atoms with van der Waals surface area (Å²) in [5, 5.41) is 6.75. The molecule has 2 N–H and O–H groups in total. The fourth-order valence-corrected chi connectivity index (χ4v) is 3.26. The number of aliphatic imine (C=N–C) groups is 1. The molecule has 6 nitrogen and oxygen atoms in total. The van der Waals surface area contributed by atoms with Gasteiger partial charge in [-0.05, 0) is 43.2 Å². The molecule has 1 saturated carbocycles. The number of benzene rings is 2. The highest BCUT2D eigenvalue weighted by Gasteiger charge is 2.46. The smallest absolute Gasteiger partial charge is 0.191 e. The molecular weight excluding hydrogens is 354 g/mol. The first kappa shape index (κ1) is 19.9. The first-order chi connectivity index (χ1) is 13.7. The van der Waals surface area contributed by atoms with E-state index >= 15 is 0 Å². The van der Waals surface area contributed by atoms with E-state index in [-0.39, 0.29) is 5.41 Å². The van der Waals surface area contributed by atoms with Crippen LogP contribution in [0.4, 0.5) is 0 Å². The predicted octanol–water partition coefficient (Wildman–Crippen LogP) is 2.98. The van der Waals surface area contributed by atoms with E-state index in [1.54, 1.807) is 21.3 Å². The van der Waals surface area contributed by atoms with Crippen molar-refractivity contribution in [2.24, 2.45) is 4.99 Å². The number of para-hydroxylation sites is 1. The Kier molecular flexibility index (Phi) is 6.63. The van der Waals surface area contributed by atoms with Gasteiger partial charge in [-0.15, -0.1) is 0 Å². The van der Waals surface area contributed by atoms with Crippen LogP contribution in [-0.2, 0) is 5.41 Å². The van der Waals surface area contributed by atoms with Crippen molar-refractivity contribution in [2.45, 2.75) is 18.3 Å². The number of hydrogen-bond acceptors (Lipinski definition) is 4. The topological polar surface area (TPSA) is 64.1 Å². The molecule has 2 aromatic carbocycles. The Morgan fingerprint density at radius 2 is 1.68 bits per heavy atom. The van der Waals surface area contributed by atoms with Crippen molar-refractivity contribution in [3.8, 4) is 17.2 Å². The van der Waals surface area contributed by atoms with Gasteiger partial charge in [-0.1, -0.05) is 18.2 Å². The van der Waals surface area contributed by atoms with Gasteiger partial charge in [-0.3, -0.25) is 4.99 Å². The second-order valence-corrected chi connectivity index (χ2v) is 6.86. The number of rotatable bonds is 9. The highest BCUT2D eigenvalue weighted by molar-refractivity contribution is 5.79. The summed E-state index contributed by atoms with van der Waals surface area (Å²) in [7, 11) is 5.16. The number of guanidine groups is 1. The SMILES string of the molecule is CN=C(NCCOc1ccc(OC)cc1)NCC1(c2ccccc2OC)CC1. The van der Waals surface area contributed by atoms with Gasteiger partial charge < -0.3 is 24.8 Å². The quantitative estimate of drug-likeness (QED) is 0.396. The molecule has 3 rings (SSSR count). The Morgan fingerprint density at radius 3 is 2.32 bits per heavy atom. The van der Waals surface area contributed by atoms with E-state index in [4.69, 9.17) is 14.2 Å². The maximum Gasteiger partial charge on any atom is 0.191 e. The molecule has 0 saturated heterocycles. The Balaban J connectivity index is 1.44. The summed E-state index contributed by atoms with van der Waals surface area (Å²) in [6, 6.07) is 15.8. The van der Waals surface area contributed by atoms with Crippen molar-refractivity contribution in [1.82, 2.24) is 10.6 Å². The zero-order chi connectivity index (χ0) is 19.8. The predicted molar refractivity (Wildman–Crippen MR) is 112 cm³/mol. The largest absolute Gasteiger partial charge is 0.497 e. The van der Waals surface area contributed by atoms with Crippen molar-refractivity contribution < 1.29 is 14.2 Å². The summed E-state index contributed by atoms with van der Waals surface area (Å²) < 4.78 is 16.4. The van der Waals surface area contributed by atoms with Crippen molar-refractivity contribution in [3.63, 3.8) is 0 Å². The summed E-state index contributed by atoms with van der Waals surface area (Å²) in [5.41, 5.74) is 1.40.